The Labute approximate surface area is 114 Å². The van der Waals surface area contributed by atoms with Crippen molar-refractivity contribution in [2.45, 2.75) is 30.0 Å². The normalized spacial score (nSPS) is 46.1. The van der Waals surface area contributed by atoms with E-state index in [1.165, 1.54) is 0 Å². The molecule has 114 valence electrons. The lowest BCUT2D eigenvalue weighted by Crippen LogP contribution is -2.45. The molecule has 0 amide bonds. The lowest BCUT2D eigenvalue weighted by atomic mass is 10.1. The number of ether oxygens (including phenoxy) is 1. The number of aromatic nitrogens is 2. The first-order valence-electron chi connectivity index (χ1n) is 5.79. The molecule has 2 unspecified atom stereocenters. The standard InChI is InChI=1S/C9H8F2N3O6P/c10-9(11)6(14-2-1-3(12)13-7(14)15)18-4-5-8(4,9)20-21(16,17)19-5/h1-2,4-6H,(H,16,17)(H2,12,13,15)/t4-,5?,6-,8-/m1/s1. The van der Waals surface area contributed by atoms with E-state index in [1.807, 2.05) is 0 Å². The molecule has 3 heterocycles. The fraction of sp³-hybridized carbons (Fsp3) is 0.556. The molecule has 0 aromatic carbocycles. The van der Waals surface area contributed by atoms with Crippen LogP contribution in [0.1, 0.15) is 6.23 Å². The Balaban J connectivity index is 1.76. The predicted octanol–water partition coefficient (Wildman–Crippen LogP) is -0.374. The minimum atomic E-state index is -4.53. The Morgan fingerprint density at radius 2 is 2.19 bits per heavy atom. The fourth-order valence-electron chi connectivity index (χ4n) is 2.77. The molecule has 1 spiro atoms. The van der Waals surface area contributed by atoms with Crippen molar-refractivity contribution in [3.8, 4) is 0 Å². The molecule has 2 saturated heterocycles. The lowest BCUT2D eigenvalue weighted by molar-refractivity contribution is -0.176. The summed E-state index contributed by atoms with van der Waals surface area (Å²) in [6, 6.07) is 1.16. The highest BCUT2D eigenvalue weighted by atomic mass is 31.2. The molecule has 21 heavy (non-hydrogen) atoms. The topological polar surface area (TPSA) is 126 Å². The molecular weight excluding hydrogens is 315 g/mol. The number of rotatable bonds is 1. The number of alkyl halides is 2. The van der Waals surface area contributed by atoms with Crippen molar-refractivity contribution in [1.82, 2.24) is 9.55 Å². The number of nitrogen functional groups attached to an aromatic ring is 1. The van der Waals surface area contributed by atoms with Crippen LogP contribution in [0.4, 0.5) is 14.6 Å². The monoisotopic (exact) mass is 323 g/mol. The van der Waals surface area contributed by atoms with Gasteiger partial charge in [-0.2, -0.15) is 13.8 Å². The second-order valence-electron chi connectivity index (χ2n) is 4.95. The minimum Gasteiger partial charge on any atom is -0.383 e. The van der Waals surface area contributed by atoms with Crippen molar-refractivity contribution in [3.63, 3.8) is 0 Å². The van der Waals surface area contributed by atoms with Crippen LogP contribution >= 0.6 is 7.82 Å². The number of fused-ring (bicyclic) bond motifs is 1. The number of phosphoric ester groups is 1. The van der Waals surface area contributed by atoms with Gasteiger partial charge in [0.25, 0.3) is 0 Å². The number of nitrogens with two attached hydrogens (primary N) is 1. The van der Waals surface area contributed by atoms with Gasteiger partial charge in [0.1, 0.15) is 18.0 Å². The smallest absolute Gasteiger partial charge is 0.383 e. The van der Waals surface area contributed by atoms with Crippen LogP contribution in [0.2, 0.25) is 0 Å². The molecule has 0 radical (unpaired) electrons. The molecule has 2 aliphatic heterocycles. The largest absolute Gasteiger partial charge is 0.473 e. The average Bonchev–Trinajstić information content (AvgIpc) is 2.69. The van der Waals surface area contributed by atoms with Crippen LogP contribution in [0.5, 0.6) is 0 Å². The molecule has 1 aromatic heterocycles. The van der Waals surface area contributed by atoms with Gasteiger partial charge in [-0.25, -0.2) is 9.36 Å². The Kier molecular flexibility index (Phi) is 2.21. The van der Waals surface area contributed by atoms with Gasteiger partial charge in [0.2, 0.25) is 11.8 Å². The molecule has 9 nitrogen and oxygen atoms in total. The molecule has 3 fully saturated rings. The molecule has 1 aromatic rings. The molecular formula is C9H8F2N3O6P. The van der Waals surface area contributed by atoms with Crippen molar-refractivity contribution in [3.05, 3.63) is 22.7 Å². The number of anilines is 1. The Hall–Kier alpha value is -1.39. The van der Waals surface area contributed by atoms with Crippen LogP contribution in [0, 0.1) is 0 Å². The van der Waals surface area contributed by atoms with Crippen molar-refractivity contribution in [1.29, 1.82) is 0 Å². The van der Waals surface area contributed by atoms with E-state index >= 15 is 0 Å². The zero-order valence-electron chi connectivity index (χ0n) is 10.1. The first-order chi connectivity index (χ1) is 9.69. The third-order valence-corrected chi connectivity index (χ3v) is 4.76. The Morgan fingerprint density at radius 1 is 1.48 bits per heavy atom. The molecule has 1 saturated carbocycles. The van der Waals surface area contributed by atoms with Crippen LogP contribution in [0.25, 0.3) is 0 Å². The zero-order chi connectivity index (χ0) is 15.2. The predicted molar refractivity (Wildman–Crippen MR) is 60.3 cm³/mol. The number of hydrogen-bond acceptors (Lipinski definition) is 7. The molecule has 5 atom stereocenters. The number of nitrogens with zero attached hydrogens (tertiary/aromatic N) is 2. The molecule has 12 heteroatoms. The molecule has 3 aliphatic rings. The van der Waals surface area contributed by atoms with E-state index in [4.69, 9.17) is 15.4 Å². The highest BCUT2D eigenvalue weighted by Gasteiger charge is 2.94. The maximum absolute atomic E-state index is 14.5. The molecule has 3 N–H and O–H groups in total. The molecule has 4 rings (SSSR count). The van der Waals surface area contributed by atoms with Crippen molar-refractivity contribution >= 4 is 13.6 Å². The van der Waals surface area contributed by atoms with Crippen LogP contribution in [0.15, 0.2) is 17.1 Å². The second kappa shape index (κ2) is 3.50. The third-order valence-electron chi connectivity index (χ3n) is 3.74. The summed E-state index contributed by atoms with van der Waals surface area (Å²) in [4.78, 5) is 24.1. The highest BCUT2D eigenvalue weighted by Crippen LogP contribution is 2.77. The van der Waals surface area contributed by atoms with Gasteiger partial charge >= 0.3 is 19.4 Å². The zero-order valence-corrected chi connectivity index (χ0v) is 10.9. The summed E-state index contributed by atoms with van der Waals surface area (Å²) in [5.41, 5.74) is 1.91. The van der Waals surface area contributed by atoms with Crippen LogP contribution < -0.4 is 11.4 Å². The SMILES string of the molecule is Nc1ccn([C@@H]2O[C@@H]3C4OP(=O)(O)O[C@@]43C2(F)F)c(=O)n1. The Bertz CT molecular complexity index is 755. The van der Waals surface area contributed by atoms with Crippen molar-refractivity contribution in [2.24, 2.45) is 0 Å². The Morgan fingerprint density at radius 3 is 2.86 bits per heavy atom. The van der Waals surface area contributed by atoms with Gasteiger partial charge < -0.3 is 15.4 Å². The lowest BCUT2D eigenvalue weighted by Gasteiger charge is -2.25. The van der Waals surface area contributed by atoms with Crippen molar-refractivity contribution in [2.75, 3.05) is 5.73 Å². The van der Waals surface area contributed by atoms with E-state index in [0.717, 1.165) is 12.3 Å². The van der Waals surface area contributed by atoms with E-state index in [-0.39, 0.29) is 5.82 Å². The van der Waals surface area contributed by atoms with Gasteiger partial charge in [0, 0.05) is 6.20 Å². The fourth-order valence-corrected chi connectivity index (χ4v) is 4.08. The van der Waals surface area contributed by atoms with E-state index < -0.39 is 43.5 Å². The summed E-state index contributed by atoms with van der Waals surface area (Å²) in [5.74, 6) is -3.88. The second-order valence-corrected chi connectivity index (χ2v) is 6.28. The van der Waals surface area contributed by atoms with Gasteiger partial charge in [0.15, 0.2) is 0 Å². The third kappa shape index (κ3) is 1.44. The summed E-state index contributed by atoms with van der Waals surface area (Å²) in [5, 5.41) is 0. The van der Waals surface area contributed by atoms with E-state index in [1.54, 1.807) is 0 Å². The van der Waals surface area contributed by atoms with Gasteiger partial charge in [-0.3, -0.25) is 13.6 Å². The first-order valence-corrected chi connectivity index (χ1v) is 7.28. The van der Waals surface area contributed by atoms with Crippen LogP contribution in [-0.2, 0) is 18.3 Å². The van der Waals surface area contributed by atoms with Gasteiger partial charge in [-0.15, -0.1) is 0 Å². The minimum absolute atomic E-state index is 0.126. The average molecular weight is 323 g/mol. The highest BCUT2D eigenvalue weighted by molar-refractivity contribution is 7.47. The maximum Gasteiger partial charge on any atom is 0.473 e. The van der Waals surface area contributed by atoms with E-state index in [0.29, 0.717) is 4.57 Å². The summed E-state index contributed by atoms with van der Waals surface area (Å²) in [7, 11) is -4.53. The number of hydrogen-bond donors (Lipinski definition) is 2. The molecule has 0 bridgehead atoms. The summed E-state index contributed by atoms with van der Waals surface area (Å²) >= 11 is 0. The van der Waals surface area contributed by atoms with E-state index in [2.05, 4.69) is 14.0 Å². The summed E-state index contributed by atoms with van der Waals surface area (Å²) < 4.78 is 54.9. The van der Waals surface area contributed by atoms with Crippen molar-refractivity contribution < 1.29 is 32.0 Å². The number of halogens is 2. The maximum atomic E-state index is 14.5. The van der Waals surface area contributed by atoms with Crippen LogP contribution in [-0.4, -0.2) is 38.2 Å². The number of phosphoric acid groups is 1. The first kappa shape index (κ1) is 13.3. The van der Waals surface area contributed by atoms with Gasteiger partial charge in [-0.1, -0.05) is 0 Å². The van der Waals surface area contributed by atoms with Crippen LogP contribution in [0.3, 0.4) is 0 Å². The quantitative estimate of drug-likeness (QED) is 0.670. The van der Waals surface area contributed by atoms with E-state index in [9.17, 15) is 18.1 Å². The van der Waals surface area contributed by atoms with Gasteiger partial charge in [0.05, 0.1) is 0 Å². The summed E-state index contributed by atoms with van der Waals surface area (Å²) in [6.07, 6.45) is -3.57. The molecule has 1 aliphatic carbocycles. The summed E-state index contributed by atoms with van der Waals surface area (Å²) in [6.45, 7) is 0. The van der Waals surface area contributed by atoms with Gasteiger partial charge in [-0.05, 0) is 6.07 Å².